The van der Waals surface area contributed by atoms with Crippen molar-refractivity contribution in [2.24, 2.45) is 0 Å². The lowest BCUT2D eigenvalue weighted by Gasteiger charge is -2.25. The Morgan fingerprint density at radius 3 is 1.28 bits per heavy atom. The van der Waals surface area contributed by atoms with E-state index in [4.69, 9.17) is 23.2 Å². The van der Waals surface area contributed by atoms with E-state index in [0.29, 0.717) is 17.0 Å². The first-order valence-corrected chi connectivity index (χ1v) is 23.1. The summed E-state index contributed by atoms with van der Waals surface area (Å²) in [5, 5.41) is 14.5. The van der Waals surface area contributed by atoms with Crippen LogP contribution in [0.1, 0.15) is 0 Å². The van der Waals surface area contributed by atoms with E-state index in [1.165, 1.54) is 26.9 Å². The van der Waals surface area contributed by atoms with Crippen LogP contribution in [-0.2, 0) is 0 Å². The number of furan rings is 3. The lowest BCUT2D eigenvalue weighted by Crippen LogP contribution is -2.11. The van der Waals surface area contributed by atoms with Gasteiger partial charge in [0.25, 0.3) is 0 Å². The molecule has 0 saturated carbocycles. The van der Waals surface area contributed by atoms with Crippen molar-refractivity contribution in [2.75, 3.05) is 9.80 Å². The summed E-state index contributed by atoms with van der Waals surface area (Å²) in [4.78, 5) is 14.7. The fourth-order valence-electron chi connectivity index (χ4n) is 10.5. The Morgan fingerprint density at radius 1 is 0.261 bits per heavy atom. The van der Waals surface area contributed by atoms with Crippen molar-refractivity contribution in [3.8, 4) is 0 Å². The molecule has 15 rings (SSSR count). The van der Waals surface area contributed by atoms with Crippen molar-refractivity contribution in [3.63, 3.8) is 0 Å². The van der Waals surface area contributed by atoms with E-state index in [1.807, 2.05) is 54.9 Å². The summed E-state index contributed by atoms with van der Waals surface area (Å²) in [5.74, 6) is 0.696. The van der Waals surface area contributed by atoms with E-state index < -0.39 is 0 Å². The maximum atomic E-state index is 6.84. The predicted octanol–water partition coefficient (Wildman–Crippen LogP) is 17.7. The van der Waals surface area contributed by atoms with Crippen LogP contribution in [-0.4, -0.2) is 9.97 Å². The maximum absolute atomic E-state index is 6.84. The molecule has 0 N–H and O–H groups in total. The number of rotatable bonds is 6. The second-order valence-electron chi connectivity index (χ2n) is 17.9. The number of nitrogens with zero attached hydrogens (tertiary/aromatic N) is 4. The molecule has 0 spiro atoms. The van der Waals surface area contributed by atoms with Crippen LogP contribution in [0.15, 0.2) is 232 Å². The third kappa shape index (κ3) is 6.00. The normalized spacial score (nSPS) is 12.1. The first kappa shape index (κ1) is 37.7. The molecule has 15 aromatic rings. The van der Waals surface area contributed by atoms with Crippen molar-refractivity contribution in [2.45, 2.75) is 0 Å². The van der Waals surface area contributed by atoms with Gasteiger partial charge in [-0.1, -0.05) is 97.1 Å². The second-order valence-corrected chi connectivity index (χ2v) is 17.9. The van der Waals surface area contributed by atoms with Gasteiger partial charge in [-0.05, 0) is 128 Å². The van der Waals surface area contributed by atoms with Gasteiger partial charge in [-0.2, -0.15) is 0 Å². The lowest BCUT2D eigenvalue weighted by molar-refractivity contribution is 0.668. The minimum atomic E-state index is 0.649. The van der Waals surface area contributed by atoms with Gasteiger partial charge in [0.1, 0.15) is 39.2 Å². The van der Waals surface area contributed by atoms with E-state index >= 15 is 0 Å². The molecule has 69 heavy (non-hydrogen) atoms. The Balaban J connectivity index is 0.887. The summed E-state index contributed by atoms with van der Waals surface area (Å²) in [7, 11) is 0. The Bertz CT molecular complexity index is 4310. The van der Waals surface area contributed by atoms with Gasteiger partial charge < -0.3 is 18.2 Å². The number of aromatic nitrogens is 2. The standard InChI is InChI=1S/C62H36N4O3/c1-3-11-39-27-43-29-45(19-17-41(43)25-37(39)9-1)65(47-21-23-52-50-13-5-7-15-55(50)67-57(52)31-47)49-33-60-62(64-35-49)54-36-63-61(34-59(54)69-60)66(48-22-24-53-51-14-6-8-16-56(51)68-58(53)32-48)46-20-18-42-26-38-10-2-4-12-40(38)28-44(42)30-46/h1-36H. The molecule has 0 radical (unpaired) electrons. The molecule has 10 aromatic carbocycles. The summed E-state index contributed by atoms with van der Waals surface area (Å²) < 4.78 is 19.7. The molecule has 0 aliphatic carbocycles. The fourth-order valence-corrected chi connectivity index (χ4v) is 10.5. The molecule has 5 heterocycles. The van der Waals surface area contributed by atoms with Gasteiger partial charge in [0, 0.05) is 69.1 Å². The van der Waals surface area contributed by atoms with Gasteiger partial charge in [0.05, 0.1) is 23.0 Å². The van der Waals surface area contributed by atoms with Gasteiger partial charge in [0.2, 0.25) is 0 Å². The summed E-state index contributed by atoms with van der Waals surface area (Å²) >= 11 is 0. The number of benzene rings is 10. The first-order valence-electron chi connectivity index (χ1n) is 23.1. The molecule has 0 unspecified atom stereocenters. The second kappa shape index (κ2) is 14.5. The van der Waals surface area contributed by atoms with E-state index in [-0.39, 0.29) is 0 Å². The smallest absolute Gasteiger partial charge is 0.156 e. The summed E-state index contributed by atoms with van der Waals surface area (Å²) in [5.41, 5.74) is 10.0. The van der Waals surface area contributed by atoms with Crippen molar-refractivity contribution >= 4 is 143 Å². The molecule has 0 aliphatic rings. The number of anilines is 6. The summed E-state index contributed by atoms with van der Waals surface area (Å²) in [6.45, 7) is 0. The molecule has 5 aromatic heterocycles. The highest BCUT2D eigenvalue weighted by atomic mass is 16.3. The molecule has 7 heteroatoms. The van der Waals surface area contributed by atoms with Crippen LogP contribution in [0, 0.1) is 0 Å². The number of fused-ring (bicyclic) bond motifs is 13. The van der Waals surface area contributed by atoms with Crippen LogP contribution in [0.2, 0.25) is 0 Å². The molecule has 7 nitrogen and oxygen atoms in total. The number of hydrogen-bond acceptors (Lipinski definition) is 7. The van der Waals surface area contributed by atoms with Gasteiger partial charge in [-0.15, -0.1) is 0 Å². The first-order chi connectivity index (χ1) is 34.1. The molecule has 0 saturated heterocycles. The van der Waals surface area contributed by atoms with Crippen LogP contribution in [0.4, 0.5) is 34.3 Å². The van der Waals surface area contributed by atoms with Crippen LogP contribution in [0.3, 0.4) is 0 Å². The third-order valence-corrected chi connectivity index (χ3v) is 13.8. The molecular weight excluding hydrogens is 849 g/mol. The zero-order valence-corrected chi connectivity index (χ0v) is 36.8. The molecular formula is C62H36N4O3. The highest BCUT2D eigenvalue weighted by molar-refractivity contribution is 6.09. The molecule has 0 fully saturated rings. The van der Waals surface area contributed by atoms with Crippen molar-refractivity contribution in [3.05, 3.63) is 219 Å². The zero-order valence-electron chi connectivity index (χ0n) is 36.8. The fraction of sp³-hybridized carbons (Fsp3) is 0. The number of pyridine rings is 2. The number of para-hydroxylation sites is 2. The Labute approximate surface area is 393 Å². The van der Waals surface area contributed by atoms with E-state index in [2.05, 4.69) is 174 Å². The highest BCUT2D eigenvalue weighted by Gasteiger charge is 2.22. The van der Waals surface area contributed by atoms with Crippen molar-refractivity contribution in [1.82, 2.24) is 9.97 Å². The lowest BCUT2D eigenvalue weighted by atomic mass is 10.0. The molecule has 0 bridgehead atoms. The van der Waals surface area contributed by atoms with E-state index in [0.717, 1.165) is 99.4 Å². The minimum Gasteiger partial charge on any atom is -0.456 e. The monoisotopic (exact) mass is 884 g/mol. The van der Waals surface area contributed by atoms with Crippen LogP contribution in [0.25, 0.3) is 109 Å². The maximum Gasteiger partial charge on any atom is 0.156 e. The number of hydrogen-bond donors (Lipinski definition) is 0. The van der Waals surface area contributed by atoms with Crippen LogP contribution < -0.4 is 9.80 Å². The van der Waals surface area contributed by atoms with Crippen molar-refractivity contribution in [1.29, 1.82) is 0 Å². The topological polar surface area (TPSA) is 71.7 Å². The summed E-state index contributed by atoms with van der Waals surface area (Å²) in [6, 6.07) is 72.4. The molecule has 0 atom stereocenters. The highest BCUT2D eigenvalue weighted by Crippen LogP contribution is 2.44. The quantitative estimate of drug-likeness (QED) is 0.154. The molecule has 322 valence electrons. The SMILES string of the molecule is c1ccc2cc3cc(N(c4ccc5c(c4)oc4ccccc45)c4cnc5c(c4)oc4cc(N(c6ccc7cc8ccccc8cc7c6)c6ccc7c(c6)oc6ccccc67)ncc45)ccc3cc2c1. The van der Waals surface area contributed by atoms with E-state index in [1.54, 1.807) is 0 Å². The Hall–Kier alpha value is -9.46. The molecule has 0 amide bonds. The Kier molecular flexibility index (Phi) is 7.94. The van der Waals surface area contributed by atoms with Crippen LogP contribution >= 0.6 is 0 Å². The Morgan fingerprint density at radius 2 is 0.681 bits per heavy atom. The van der Waals surface area contributed by atoms with Crippen molar-refractivity contribution < 1.29 is 13.3 Å². The minimum absolute atomic E-state index is 0.649. The van der Waals surface area contributed by atoms with E-state index in [9.17, 15) is 0 Å². The van der Waals surface area contributed by atoms with Gasteiger partial charge in [-0.25, -0.2) is 9.97 Å². The average Bonchev–Trinajstić information content (AvgIpc) is 4.08. The van der Waals surface area contributed by atoms with Gasteiger partial charge >= 0.3 is 0 Å². The largest absolute Gasteiger partial charge is 0.456 e. The van der Waals surface area contributed by atoms with Gasteiger partial charge in [-0.3, -0.25) is 4.90 Å². The summed E-state index contributed by atoms with van der Waals surface area (Å²) in [6.07, 6.45) is 3.80. The third-order valence-electron chi connectivity index (χ3n) is 13.8. The van der Waals surface area contributed by atoms with Crippen LogP contribution in [0.5, 0.6) is 0 Å². The zero-order chi connectivity index (χ0) is 45.2. The predicted molar refractivity (Wildman–Crippen MR) is 283 cm³/mol. The average molecular weight is 885 g/mol. The van der Waals surface area contributed by atoms with Gasteiger partial charge in [0.15, 0.2) is 5.58 Å². The molecule has 0 aliphatic heterocycles.